The Morgan fingerprint density at radius 3 is 2.40 bits per heavy atom. The van der Waals surface area contributed by atoms with E-state index in [-0.39, 0.29) is 18.0 Å². The van der Waals surface area contributed by atoms with Gasteiger partial charge in [-0.15, -0.1) is 0 Å². The van der Waals surface area contributed by atoms with Crippen LogP contribution in [0.1, 0.15) is 11.3 Å². The number of aliphatic hydroxyl groups excluding tert-OH is 1. The van der Waals surface area contributed by atoms with E-state index in [9.17, 15) is 8.42 Å². The van der Waals surface area contributed by atoms with Crippen LogP contribution in [0.5, 0.6) is 0 Å². The number of hydrogen-bond donors (Lipinski definition) is 1. The first kappa shape index (κ1) is 14.6. The van der Waals surface area contributed by atoms with Crippen molar-refractivity contribution in [1.82, 2.24) is 9.29 Å². The average molecular weight is 292 g/mol. The van der Waals surface area contributed by atoms with Crippen molar-refractivity contribution < 1.29 is 13.5 Å². The molecule has 1 aromatic carbocycles. The van der Waals surface area contributed by atoms with Crippen molar-refractivity contribution in [2.45, 2.75) is 18.0 Å². The van der Waals surface area contributed by atoms with E-state index in [1.165, 1.54) is 23.5 Å². The summed E-state index contributed by atoms with van der Waals surface area (Å²) in [4.78, 5) is 4.32. The summed E-state index contributed by atoms with van der Waals surface area (Å²) in [6.45, 7) is 0.106. The lowest BCUT2D eigenvalue weighted by atomic mass is 10.2. The number of aromatic nitrogens is 1. The monoisotopic (exact) mass is 292 g/mol. The lowest BCUT2D eigenvalue weighted by Crippen LogP contribution is -2.26. The van der Waals surface area contributed by atoms with E-state index in [1.807, 2.05) is 6.07 Å². The zero-order valence-corrected chi connectivity index (χ0v) is 11.9. The molecule has 2 rings (SSSR count). The molecule has 1 N–H and O–H groups in total. The summed E-state index contributed by atoms with van der Waals surface area (Å²) in [7, 11) is -2.03. The minimum absolute atomic E-state index is 0.107. The summed E-state index contributed by atoms with van der Waals surface area (Å²) in [5.74, 6) is 0. The smallest absolute Gasteiger partial charge is 0.243 e. The highest BCUT2D eigenvalue weighted by Crippen LogP contribution is 2.16. The van der Waals surface area contributed by atoms with Crippen LogP contribution >= 0.6 is 0 Å². The molecule has 0 spiro atoms. The molecule has 0 saturated carbocycles. The summed E-state index contributed by atoms with van der Waals surface area (Å²) in [5, 5.41) is 8.97. The summed E-state index contributed by atoms with van der Waals surface area (Å²) in [5.41, 5.74) is 1.36. The van der Waals surface area contributed by atoms with Gasteiger partial charge in [0.15, 0.2) is 0 Å². The topological polar surface area (TPSA) is 70.5 Å². The maximum Gasteiger partial charge on any atom is 0.243 e. The van der Waals surface area contributed by atoms with Crippen LogP contribution in [-0.4, -0.2) is 29.9 Å². The number of hydrogen-bond acceptors (Lipinski definition) is 4. The first-order valence-corrected chi connectivity index (χ1v) is 7.54. The number of sulfonamides is 1. The fourth-order valence-corrected chi connectivity index (χ4v) is 2.89. The van der Waals surface area contributed by atoms with E-state index in [0.29, 0.717) is 11.3 Å². The van der Waals surface area contributed by atoms with Gasteiger partial charge in [0.25, 0.3) is 0 Å². The third-order valence-electron chi connectivity index (χ3n) is 2.92. The van der Waals surface area contributed by atoms with Crippen LogP contribution in [-0.2, 0) is 23.2 Å². The summed E-state index contributed by atoms with van der Waals surface area (Å²) in [6, 6.07) is 11.6. The Morgan fingerprint density at radius 2 is 1.85 bits per heavy atom. The fraction of sp³-hybridized carbons (Fsp3) is 0.214. The molecule has 0 aliphatic carbocycles. The van der Waals surface area contributed by atoms with Crippen LogP contribution in [0.25, 0.3) is 0 Å². The molecule has 0 aliphatic rings. The Bertz CT molecular complexity index is 655. The minimum Gasteiger partial charge on any atom is -0.392 e. The van der Waals surface area contributed by atoms with Gasteiger partial charge in [0, 0.05) is 13.2 Å². The second-order valence-corrected chi connectivity index (χ2v) is 6.43. The zero-order valence-electron chi connectivity index (χ0n) is 11.1. The molecule has 1 heterocycles. The lowest BCUT2D eigenvalue weighted by Gasteiger charge is -2.16. The van der Waals surface area contributed by atoms with E-state index in [2.05, 4.69) is 4.98 Å². The van der Waals surface area contributed by atoms with Crippen molar-refractivity contribution >= 4 is 10.0 Å². The molecule has 2 aromatic rings. The van der Waals surface area contributed by atoms with Crippen molar-refractivity contribution in [3.63, 3.8) is 0 Å². The number of rotatable bonds is 5. The molecule has 6 heteroatoms. The van der Waals surface area contributed by atoms with Crippen LogP contribution in [0.4, 0.5) is 0 Å². The average Bonchev–Trinajstić information content (AvgIpc) is 2.48. The number of aliphatic hydroxyl groups is 1. The Balaban J connectivity index is 2.20. The number of nitrogens with zero attached hydrogens (tertiary/aromatic N) is 2. The molecule has 106 valence electrons. The van der Waals surface area contributed by atoms with Gasteiger partial charge in [-0.1, -0.05) is 18.2 Å². The normalized spacial score (nSPS) is 11.8. The van der Waals surface area contributed by atoms with Gasteiger partial charge in [-0.2, -0.15) is 4.31 Å². The van der Waals surface area contributed by atoms with Crippen LogP contribution in [0, 0.1) is 0 Å². The second-order valence-electron chi connectivity index (χ2n) is 4.38. The van der Waals surface area contributed by atoms with Crippen LogP contribution in [0.15, 0.2) is 53.6 Å². The SMILES string of the molecule is CN(Cc1ccccn1)S(=O)(=O)c1ccc(CO)cc1. The van der Waals surface area contributed by atoms with Gasteiger partial charge >= 0.3 is 0 Å². The van der Waals surface area contributed by atoms with Gasteiger partial charge < -0.3 is 5.11 Å². The van der Waals surface area contributed by atoms with E-state index >= 15 is 0 Å². The van der Waals surface area contributed by atoms with E-state index in [0.717, 1.165) is 0 Å². The third-order valence-corrected chi connectivity index (χ3v) is 4.74. The fourth-order valence-electron chi connectivity index (χ4n) is 1.75. The second kappa shape index (κ2) is 6.13. The predicted molar refractivity (Wildman–Crippen MR) is 75.3 cm³/mol. The predicted octanol–water partition coefficient (Wildman–Crippen LogP) is 1.39. The molecule has 0 bridgehead atoms. The highest BCUT2D eigenvalue weighted by atomic mass is 32.2. The largest absolute Gasteiger partial charge is 0.392 e. The molecule has 5 nitrogen and oxygen atoms in total. The van der Waals surface area contributed by atoms with Crippen molar-refractivity contribution in [1.29, 1.82) is 0 Å². The van der Waals surface area contributed by atoms with E-state index in [1.54, 1.807) is 30.5 Å². The molecule has 0 amide bonds. The van der Waals surface area contributed by atoms with Crippen molar-refractivity contribution in [3.8, 4) is 0 Å². The minimum atomic E-state index is -3.55. The van der Waals surface area contributed by atoms with Gasteiger partial charge in [-0.25, -0.2) is 8.42 Å². The number of benzene rings is 1. The zero-order chi connectivity index (χ0) is 14.6. The maximum atomic E-state index is 12.4. The third kappa shape index (κ3) is 3.22. The lowest BCUT2D eigenvalue weighted by molar-refractivity contribution is 0.281. The van der Waals surface area contributed by atoms with Crippen molar-refractivity contribution in [2.75, 3.05) is 7.05 Å². The molecule has 1 aromatic heterocycles. The number of pyridine rings is 1. The molecular weight excluding hydrogens is 276 g/mol. The van der Waals surface area contributed by atoms with Crippen LogP contribution in [0.2, 0.25) is 0 Å². The van der Waals surface area contributed by atoms with Crippen molar-refractivity contribution in [3.05, 3.63) is 59.9 Å². The molecule has 0 radical (unpaired) electrons. The Morgan fingerprint density at radius 1 is 1.15 bits per heavy atom. The quantitative estimate of drug-likeness (QED) is 0.904. The van der Waals surface area contributed by atoms with Gasteiger partial charge in [-0.05, 0) is 29.8 Å². The standard InChI is InChI=1S/C14H16N2O3S/c1-16(10-13-4-2-3-9-15-13)20(18,19)14-7-5-12(11-17)6-8-14/h2-9,17H,10-11H2,1H3. The van der Waals surface area contributed by atoms with E-state index < -0.39 is 10.0 Å². The first-order chi connectivity index (χ1) is 9.54. The van der Waals surface area contributed by atoms with Gasteiger partial charge in [0.2, 0.25) is 10.0 Å². The molecule has 0 fully saturated rings. The van der Waals surface area contributed by atoms with Gasteiger partial charge in [-0.3, -0.25) is 4.98 Å². The summed E-state index contributed by atoms with van der Waals surface area (Å²) < 4.78 is 26.0. The maximum absolute atomic E-state index is 12.4. The highest BCUT2D eigenvalue weighted by Gasteiger charge is 2.20. The molecule has 0 unspecified atom stereocenters. The molecule has 0 aliphatic heterocycles. The Labute approximate surface area is 118 Å². The molecular formula is C14H16N2O3S. The molecule has 20 heavy (non-hydrogen) atoms. The van der Waals surface area contributed by atoms with Crippen molar-refractivity contribution in [2.24, 2.45) is 0 Å². The Kier molecular flexibility index (Phi) is 4.49. The summed E-state index contributed by atoms with van der Waals surface area (Å²) >= 11 is 0. The van der Waals surface area contributed by atoms with E-state index in [4.69, 9.17) is 5.11 Å². The first-order valence-electron chi connectivity index (χ1n) is 6.10. The summed E-state index contributed by atoms with van der Waals surface area (Å²) in [6.07, 6.45) is 1.63. The van der Waals surface area contributed by atoms with Crippen LogP contribution < -0.4 is 0 Å². The Hall–Kier alpha value is -1.76. The highest BCUT2D eigenvalue weighted by molar-refractivity contribution is 7.89. The molecule has 0 saturated heterocycles. The van der Waals surface area contributed by atoms with Crippen LogP contribution in [0.3, 0.4) is 0 Å². The van der Waals surface area contributed by atoms with Gasteiger partial charge in [0.05, 0.1) is 23.7 Å². The van der Waals surface area contributed by atoms with Gasteiger partial charge in [0.1, 0.15) is 0 Å². The molecule has 0 atom stereocenters.